The van der Waals surface area contributed by atoms with E-state index in [0.717, 1.165) is 28.9 Å². The molecule has 0 saturated carbocycles. The van der Waals surface area contributed by atoms with E-state index in [0.29, 0.717) is 0 Å². The Balaban J connectivity index is 3.18. The maximum Gasteiger partial charge on any atom is 0.145 e. The Morgan fingerprint density at radius 2 is 1.75 bits per heavy atom. The summed E-state index contributed by atoms with van der Waals surface area (Å²) in [6, 6.07) is 0. The van der Waals surface area contributed by atoms with Crippen molar-refractivity contribution < 1.29 is 4.43 Å². The Bertz CT molecular complexity index is 95.8. The smallest absolute Gasteiger partial charge is 0.145 e. The van der Waals surface area contributed by atoms with Crippen LogP contribution >= 0.6 is 0 Å². The van der Waals surface area contributed by atoms with Gasteiger partial charge in [-0.1, -0.05) is 40.0 Å². The van der Waals surface area contributed by atoms with Crippen LogP contribution in [0.5, 0.6) is 0 Å². The van der Waals surface area contributed by atoms with Gasteiger partial charge in [0, 0.05) is 6.61 Å². The summed E-state index contributed by atoms with van der Waals surface area (Å²) in [6.45, 7) is 7.88. The quantitative estimate of drug-likeness (QED) is 0.556. The highest BCUT2D eigenvalue weighted by atomic mass is 28.2. The maximum atomic E-state index is 5.23. The lowest BCUT2D eigenvalue weighted by atomic mass is 9.98. The minimum Gasteiger partial charge on any atom is -0.428 e. The highest BCUT2D eigenvalue weighted by Crippen LogP contribution is 2.14. The topological polar surface area (TPSA) is 9.23 Å². The molecule has 1 nitrogen and oxygen atoms in total. The van der Waals surface area contributed by atoms with Crippen molar-refractivity contribution in [2.75, 3.05) is 6.61 Å². The molecule has 0 heterocycles. The second-order valence-corrected chi connectivity index (χ2v) is 4.58. The van der Waals surface area contributed by atoms with Crippen molar-refractivity contribution in [3.8, 4) is 0 Å². The number of hydrogen-bond acceptors (Lipinski definition) is 1. The van der Waals surface area contributed by atoms with E-state index in [9.17, 15) is 0 Å². The lowest BCUT2D eigenvalue weighted by Crippen LogP contribution is -2.04. The fourth-order valence-corrected chi connectivity index (χ4v) is 1.96. The van der Waals surface area contributed by atoms with Crippen molar-refractivity contribution in [1.29, 1.82) is 0 Å². The average Bonchev–Trinajstić information content (AvgIpc) is 2.04. The fourth-order valence-electron chi connectivity index (χ4n) is 1.39. The maximum absolute atomic E-state index is 5.23. The van der Waals surface area contributed by atoms with Crippen molar-refractivity contribution in [2.24, 2.45) is 11.8 Å². The third-order valence-electron chi connectivity index (χ3n) is 2.54. The first kappa shape index (κ1) is 12.2. The van der Waals surface area contributed by atoms with Crippen LogP contribution in [-0.2, 0) is 4.43 Å². The van der Waals surface area contributed by atoms with Gasteiger partial charge in [-0.3, -0.25) is 0 Å². The molecule has 2 atom stereocenters. The lowest BCUT2D eigenvalue weighted by Gasteiger charge is -2.12. The first-order valence-corrected chi connectivity index (χ1v) is 6.01. The minimum absolute atomic E-state index is 0.770. The van der Waals surface area contributed by atoms with Gasteiger partial charge in [0.25, 0.3) is 0 Å². The molecule has 12 heavy (non-hydrogen) atoms. The van der Waals surface area contributed by atoms with Crippen molar-refractivity contribution >= 4 is 10.5 Å². The molecule has 0 aliphatic carbocycles. The summed E-state index contributed by atoms with van der Waals surface area (Å²) in [6.07, 6.45) is 5.43. The van der Waals surface area contributed by atoms with Gasteiger partial charge in [0.15, 0.2) is 0 Å². The van der Waals surface area contributed by atoms with Gasteiger partial charge in [0.2, 0.25) is 0 Å². The highest BCUT2D eigenvalue weighted by molar-refractivity contribution is 5.97. The van der Waals surface area contributed by atoms with Crippen LogP contribution in [0.4, 0.5) is 0 Å². The second kappa shape index (κ2) is 7.81. The highest BCUT2D eigenvalue weighted by Gasteiger charge is 2.02. The molecule has 0 rings (SSSR count). The zero-order valence-corrected chi connectivity index (χ0v) is 11.1. The molecule has 0 fully saturated rings. The second-order valence-electron chi connectivity index (χ2n) is 4.00. The van der Waals surface area contributed by atoms with E-state index >= 15 is 0 Å². The standard InChI is InChI=1S/C10H24OSi/c1-4-9(2)6-5-7-10(3)8-11-12/h9-10H,4-8H2,1-3,12H3. The molecule has 0 aliphatic rings. The van der Waals surface area contributed by atoms with E-state index < -0.39 is 0 Å². The predicted molar refractivity (Wildman–Crippen MR) is 58.4 cm³/mol. The van der Waals surface area contributed by atoms with Crippen LogP contribution in [-0.4, -0.2) is 17.1 Å². The summed E-state index contributed by atoms with van der Waals surface area (Å²) in [5.74, 6) is 1.68. The minimum atomic E-state index is 0.770. The van der Waals surface area contributed by atoms with Crippen molar-refractivity contribution in [2.45, 2.75) is 46.5 Å². The van der Waals surface area contributed by atoms with Gasteiger partial charge in [-0.2, -0.15) is 0 Å². The van der Waals surface area contributed by atoms with Crippen LogP contribution in [0.3, 0.4) is 0 Å². The molecular formula is C10H24OSi. The summed E-state index contributed by atoms with van der Waals surface area (Å²) >= 11 is 0. The molecule has 2 unspecified atom stereocenters. The molecule has 0 spiro atoms. The van der Waals surface area contributed by atoms with Crippen LogP contribution in [0.2, 0.25) is 0 Å². The molecule has 0 N–H and O–H groups in total. The first-order valence-electron chi connectivity index (χ1n) is 5.19. The molecule has 0 radical (unpaired) electrons. The summed E-state index contributed by atoms with van der Waals surface area (Å²) in [5, 5.41) is 0. The molecule has 0 aliphatic heterocycles. The molecule has 74 valence electrons. The first-order chi connectivity index (χ1) is 5.70. The fraction of sp³-hybridized carbons (Fsp3) is 1.00. The molecule has 0 aromatic rings. The van der Waals surface area contributed by atoms with Crippen molar-refractivity contribution in [1.82, 2.24) is 0 Å². The Morgan fingerprint density at radius 1 is 1.17 bits per heavy atom. The third-order valence-corrected chi connectivity index (χ3v) is 2.88. The zero-order chi connectivity index (χ0) is 9.40. The molecule has 0 amide bonds. The van der Waals surface area contributed by atoms with Crippen LogP contribution in [0, 0.1) is 11.8 Å². The van der Waals surface area contributed by atoms with Gasteiger partial charge in [0.1, 0.15) is 10.5 Å². The molecule has 0 saturated heterocycles. The number of rotatable bonds is 7. The average molecular weight is 188 g/mol. The summed E-state index contributed by atoms with van der Waals surface area (Å²) in [4.78, 5) is 0. The van der Waals surface area contributed by atoms with E-state index in [4.69, 9.17) is 4.43 Å². The van der Waals surface area contributed by atoms with Crippen LogP contribution in [0.25, 0.3) is 0 Å². The van der Waals surface area contributed by atoms with E-state index in [-0.39, 0.29) is 0 Å². The van der Waals surface area contributed by atoms with E-state index in [1.54, 1.807) is 0 Å². The molecular weight excluding hydrogens is 164 g/mol. The van der Waals surface area contributed by atoms with Gasteiger partial charge in [0.05, 0.1) is 0 Å². The SMILES string of the molecule is CCC(C)CCCC(C)CO[SiH3]. The Hall–Kier alpha value is 0.177. The van der Waals surface area contributed by atoms with E-state index in [1.807, 2.05) is 0 Å². The van der Waals surface area contributed by atoms with Gasteiger partial charge in [-0.15, -0.1) is 0 Å². The zero-order valence-electron chi connectivity index (χ0n) is 9.10. The summed E-state index contributed by atoms with van der Waals surface area (Å²) in [5.41, 5.74) is 0. The third kappa shape index (κ3) is 6.86. The monoisotopic (exact) mass is 188 g/mol. The number of hydrogen-bond donors (Lipinski definition) is 0. The van der Waals surface area contributed by atoms with Crippen molar-refractivity contribution in [3.05, 3.63) is 0 Å². The van der Waals surface area contributed by atoms with Crippen LogP contribution in [0.1, 0.15) is 46.5 Å². The predicted octanol–water partition coefficient (Wildman–Crippen LogP) is 2.14. The molecule has 0 aromatic heterocycles. The Kier molecular flexibility index (Phi) is 7.92. The largest absolute Gasteiger partial charge is 0.428 e. The Labute approximate surface area is 80.4 Å². The van der Waals surface area contributed by atoms with Crippen molar-refractivity contribution in [3.63, 3.8) is 0 Å². The van der Waals surface area contributed by atoms with E-state index in [2.05, 4.69) is 20.8 Å². The lowest BCUT2D eigenvalue weighted by molar-refractivity contribution is 0.266. The summed E-state index contributed by atoms with van der Waals surface area (Å²) in [7, 11) is 0.893. The van der Waals surface area contributed by atoms with Gasteiger partial charge < -0.3 is 4.43 Å². The Morgan fingerprint density at radius 3 is 2.25 bits per heavy atom. The van der Waals surface area contributed by atoms with Crippen LogP contribution in [0.15, 0.2) is 0 Å². The van der Waals surface area contributed by atoms with Gasteiger partial charge in [-0.05, 0) is 18.3 Å². The summed E-state index contributed by atoms with van der Waals surface area (Å²) < 4.78 is 5.23. The van der Waals surface area contributed by atoms with Gasteiger partial charge in [-0.25, -0.2) is 0 Å². The van der Waals surface area contributed by atoms with Crippen LogP contribution < -0.4 is 0 Å². The molecule has 2 heteroatoms. The molecule has 0 bridgehead atoms. The molecule has 0 aromatic carbocycles. The van der Waals surface area contributed by atoms with E-state index in [1.165, 1.54) is 25.7 Å². The normalized spacial score (nSPS) is 16.2. The van der Waals surface area contributed by atoms with Gasteiger partial charge >= 0.3 is 0 Å².